The second kappa shape index (κ2) is 7.53. The number of benzene rings is 2. The summed E-state index contributed by atoms with van der Waals surface area (Å²) in [6.07, 6.45) is 0.950. The van der Waals surface area contributed by atoms with Gasteiger partial charge in [-0.05, 0) is 42.8 Å². The lowest BCUT2D eigenvalue weighted by molar-refractivity contribution is 0.414. The fourth-order valence-corrected chi connectivity index (χ4v) is 2.47. The molecule has 20 heavy (non-hydrogen) atoms. The summed E-state index contributed by atoms with van der Waals surface area (Å²) in [6, 6.07) is 13.7. The monoisotopic (exact) mass is 309 g/mol. The van der Waals surface area contributed by atoms with E-state index in [1.54, 1.807) is 7.11 Å². The molecule has 0 aliphatic carbocycles. The molecule has 2 nitrogen and oxygen atoms in total. The summed E-state index contributed by atoms with van der Waals surface area (Å²) >= 11 is 12.2. The normalized spacial score (nSPS) is 10.6. The summed E-state index contributed by atoms with van der Waals surface area (Å²) < 4.78 is 5.13. The zero-order valence-electron chi connectivity index (χ0n) is 11.3. The van der Waals surface area contributed by atoms with Crippen LogP contribution in [0, 0.1) is 0 Å². The highest BCUT2D eigenvalue weighted by molar-refractivity contribution is 6.35. The quantitative estimate of drug-likeness (QED) is 0.802. The van der Waals surface area contributed by atoms with Crippen molar-refractivity contribution in [2.75, 3.05) is 13.7 Å². The Hall–Kier alpha value is -1.22. The second-order valence-corrected chi connectivity index (χ2v) is 5.29. The summed E-state index contributed by atoms with van der Waals surface area (Å²) in [6.45, 7) is 1.54. The fourth-order valence-electron chi connectivity index (χ4n) is 1.94. The van der Waals surface area contributed by atoms with E-state index in [0.29, 0.717) is 16.6 Å². The van der Waals surface area contributed by atoms with Crippen LogP contribution >= 0.6 is 23.2 Å². The van der Waals surface area contributed by atoms with E-state index < -0.39 is 0 Å². The zero-order valence-corrected chi connectivity index (χ0v) is 12.8. The van der Waals surface area contributed by atoms with Crippen LogP contribution in [0.15, 0.2) is 42.5 Å². The molecule has 4 heteroatoms. The van der Waals surface area contributed by atoms with Crippen LogP contribution in [-0.2, 0) is 13.0 Å². The maximum Gasteiger partial charge on any atom is 0.118 e. The van der Waals surface area contributed by atoms with Crippen molar-refractivity contribution < 1.29 is 4.74 Å². The largest absolute Gasteiger partial charge is 0.497 e. The molecular formula is C16H17Cl2NO. The summed E-state index contributed by atoms with van der Waals surface area (Å²) in [5, 5.41) is 4.77. The van der Waals surface area contributed by atoms with Crippen LogP contribution in [0.1, 0.15) is 11.1 Å². The number of hydrogen-bond acceptors (Lipinski definition) is 2. The molecule has 0 unspecified atom stereocenters. The smallest absolute Gasteiger partial charge is 0.118 e. The second-order valence-electron chi connectivity index (χ2n) is 4.48. The number of methoxy groups -OCH3 is 1. The van der Waals surface area contributed by atoms with E-state index in [9.17, 15) is 0 Å². The Morgan fingerprint density at radius 2 is 1.65 bits per heavy atom. The van der Waals surface area contributed by atoms with Crippen LogP contribution in [0.5, 0.6) is 5.75 Å². The van der Waals surface area contributed by atoms with Crippen molar-refractivity contribution in [1.29, 1.82) is 0 Å². The van der Waals surface area contributed by atoms with Crippen LogP contribution in [0.4, 0.5) is 0 Å². The van der Waals surface area contributed by atoms with E-state index in [1.165, 1.54) is 5.56 Å². The van der Waals surface area contributed by atoms with Crippen molar-refractivity contribution in [3.63, 3.8) is 0 Å². The first kappa shape index (κ1) is 15.2. The average Bonchev–Trinajstić information content (AvgIpc) is 2.46. The molecule has 0 amide bonds. The predicted octanol–water partition coefficient (Wildman–Crippen LogP) is 4.33. The molecule has 2 rings (SSSR count). The van der Waals surface area contributed by atoms with Gasteiger partial charge in [-0.25, -0.2) is 0 Å². The van der Waals surface area contributed by atoms with Crippen molar-refractivity contribution in [1.82, 2.24) is 5.32 Å². The number of nitrogens with one attached hydrogen (secondary N) is 1. The Morgan fingerprint density at radius 1 is 1.00 bits per heavy atom. The number of ether oxygens (including phenoxy) is 1. The zero-order chi connectivity index (χ0) is 14.4. The molecule has 0 aliphatic rings. The molecule has 0 atom stereocenters. The number of halogens is 2. The minimum atomic E-state index is 0.675. The van der Waals surface area contributed by atoms with Crippen molar-refractivity contribution in [3.8, 4) is 5.75 Å². The Kier molecular flexibility index (Phi) is 5.72. The molecule has 0 bridgehead atoms. The lowest BCUT2D eigenvalue weighted by Crippen LogP contribution is -2.17. The van der Waals surface area contributed by atoms with E-state index in [0.717, 1.165) is 24.3 Å². The molecule has 106 valence electrons. The van der Waals surface area contributed by atoms with Crippen LogP contribution in [0.2, 0.25) is 10.0 Å². The summed E-state index contributed by atoms with van der Waals surface area (Å²) in [5.74, 6) is 0.879. The SMILES string of the molecule is COc1ccc(CCNCc2c(Cl)cccc2Cl)cc1. The Labute approximate surface area is 129 Å². The maximum atomic E-state index is 6.12. The predicted molar refractivity (Wildman–Crippen MR) is 84.9 cm³/mol. The molecule has 0 heterocycles. The van der Waals surface area contributed by atoms with E-state index in [-0.39, 0.29) is 0 Å². The highest BCUT2D eigenvalue weighted by atomic mass is 35.5. The fraction of sp³-hybridized carbons (Fsp3) is 0.250. The molecule has 0 aromatic heterocycles. The Balaban J connectivity index is 1.81. The Bertz CT molecular complexity index is 535. The van der Waals surface area contributed by atoms with Gasteiger partial charge in [-0.2, -0.15) is 0 Å². The first-order chi connectivity index (χ1) is 9.70. The van der Waals surface area contributed by atoms with E-state index >= 15 is 0 Å². The van der Waals surface area contributed by atoms with E-state index in [1.807, 2.05) is 30.3 Å². The molecule has 0 fully saturated rings. The molecule has 0 radical (unpaired) electrons. The van der Waals surface area contributed by atoms with E-state index in [4.69, 9.17) is 27.9 Å². The molecule has 1 N–H and O–H groups in total. The summed E-state index contributed by atoms with van der Waals surface area (Å²) in [5.41, 5.74) is 2.22. The first-order valence-electron chi connectivity index (χ1n) is 6.47. The molecule has 0 aliphatic heterocycles. The molecule has 0 saturated carbocycles. The van der Waals surface area contributed by atoms with Gasteiger partial charge in [0, 0.05) is 22.2 Å². The minimum absolute atomic E-state index is 0.675. The lowest BCUT2D eigenvalue weighted by Gasteiger charge is -2.09. The van der Waals surface area contributed by atoms with Gasteiger partial charge in [-0.15, -0.1) is 0 Å². The van der Waals surface area contributed by atoms with Gasteiger partial charge >= 0.3 is 0 Å². The molecule has 2 aromatic rings. The maximum absolute atomic E-state index is 6.12. The summed E-state index contributed by atoms with van der Waals surface area (Å²) in [7, 11) is 1.67. The molecule has 0 saturated heterocycles. The standard InChI is InChI=1S/C16H17Cl2NO/c1-20-13-7-5-12(6-8-13)9-10-19-11-14-15(17)3-2-4-16(14)18/h2-8,19H,9-11H2,1H3. The van der Waals surface area contributed by atoms with Gasteiger partial charge in [0.2, 0.25) is 0 Å². The van der Waals surface area contributed by atoms with Crippen molar-refractivity contribution in [2.24, 2.45) is 0 Å². The van der Waals surface area contributed by atoms with Crippen LogP contribution in [-0.4, -0.2) is 13.7 Å². The lowest BCUT2D eigenvalue weighted by atomic mass is 10.1. The average molecular weight is 310 g/mol. The highest BCUT2D eigenvalue weighted by Crippen LogP contribution is 2.23. The third-order valence-electron chi connectivity index (χ3n) is 3.11. The van der Waals surface area contributed by atoms with E-state index in [2.05, 4.69) is 17.4 Å². The topological polar surface area (TPSA) is 21.3 Å². The molecule has 0 spiro atoms. The van der Waals surface area contributed by atoms with Gasteiger partial charge in [-0.3, -0.25) is 0 Å². The molecule has 2 aromatic carbocycles. The van der Waals surface area contributed by atoms with Crippen LogP contribution in [0.3, 0.4) is 0 Å². The van der Waals surface area contributed by atoms with Gasteiger partial charge in [0.05, 0.1) is 7.11 Å². The highest BCUT2D eigenvalue weighted by Gasteiger charge is 2.04. The molecular weight excluding hydrogens is 293 g/mol. The van der Waals surface area contributed by atoms with Gasteiger partial charge in [-0.1, -0.05) is 41.4 Å². The van der Waals surface area contributed by atoms with Gasteiger partial charge in [0.1, 0.15) is 5.75 Å². The van der Waals surface area contributed by atoms with Gasteiger partial charge < -0.3 is 10.1 Å². The van der Waals surface area contributed by atoms with Gasteiger partial charge in [0.25, 0.3) is 0 Å². The third-order valence-corrected chi connectivity index (χ3v) is 3.82. The van der Waals surface area contributed by atoms with Crippen molar-refractivity contribution >= 4 is 23.2 Å². The van der Waals surface area contributed by atoms with Crippen LogP contribution in [0.25, 0.3) is 0 Å². The van der Waals surface area contributed by atoms with Crippen LogP contribution < -0.4 is 10.1 Å². The van der Waals surface area contributed by atoms with Crippen molar-refractivity contribution in [2.45, 2.75) is 13.0 Å². The number of rotatable bonds is 6. The summed E-state index contributed by atoms with van der Waals surface area (Å²) in [4.78, 5) is 0. The first-order valence-corrected chi connectivity index (χ1v) is 7.23. The Morgan fingerprint density at radius 3 is 2.25 bits per heavy atom. The minimum Gasteiger partial charge on any atom is -0.497 e. The van der Waals surface area contributed by atoms with Crippen molar-refractivity contribution in [3.05, 3.63) is 63.6 Å². The number of hydrogen-bond donors (Lipinski definition) is 1. The third kappa shape index (κ3) is 4.14. The van der Waals surface area contributed by atoms with Gasteiger partial charge in [0.15, 0.2) is 0 Å².